The van der Waals surface area contributed by atoms with Crippen LogP contribution in [0.4, 0.5) is 9.52 Å². The maximum atomic E-state index is 12.9. The van der Waals surface area contributed by atoms with Crippen molar-refractivity contribution in [3.05, 3.63) is 76.5 Å². The number of halogens is 1. The Morgan fingerprint density at radius 2 is 2.04 bits per heavy atom. The second-order valence-corrected chi connectivity index (χ2v) is 6.24. The summed E-state index contributed by atoms with van der Waals surface area (Å²) in [6.45, 7) is 0. The maximum Gasteiger partial charge on any atom is 0.257 e. The van der Waals surface area contributed by atoms with Gasteiger partial charge in [0.05, 0.1) is 7.11 Å². The predicted octanol–water partition coefficient (Wildman–Crippen LogP) is 4.13. The first-order valence-electron chi connectivity index (χ1n) is 7.28. The molecule has 0 aliphatic heterocycles. The van der Waals surface area contributed by atoms with E-state index in [-0.39, 0.29) is 11.7 Å². The first-order valence-corrected chi connectivity index (χ1v) is 8.10. The molecular formula is C18H15FN2O2S. The molecule has 2 aromatic carbocycles. The SMILES string of the molecule is COc1cccc(C(=O)Nc2ncc(Cc3ccc(F)cc3)s2)c1. The average Bonchev–Trinajstić information content (AvgIpc) is 3.04. The van der Waals surface area contributed by atoms with Gasteiger partial charge >= 0.3 is 0 Å². The van der Waals surface area contributed by atoms with E-state index < -0.39 is 0 Å². The van der Waals surface area contributed by atoms with Gasteiger partial charge in [-0.1, -0.05) is 18.2 Å². The van der Waals surface area contributed by atoms with E-state index in [9.17, 15) is 9.18 Å². The third-order valence-corrected chi connectivity index (χ3v) is 4.31. The molecule has 0 aliphatic rings. The summed E-state index contributed by atoms with van der Waals surface area (Å²) in [5, 5.41) is 3.31. The molecule has 1 heterocycles. The first-order chi connectivity index (χ1) is 11.6. The number of nitrogens with zero attached hydrogens (tertiary/aromatic N) is 1. The van der Waals surface area contributed by atoms with Crippen LogP contribution in [-0.4, -0.2) is 18.0 Å². The van der Waals surface area contributed by atoms with Gasteiger partial charge in [0, 0.05) is 23.1 Å². The van der Waals surface area contributed by atoms with E-state index in [1.54, 1.807) is 49.7 Å². The maximum absolute atomic E-state index is 12.9. The molecule has 1 amide bonds. The van der Waals surface area contributed by atoms with Crippen LogP contribution in [0.1, 0.15) is 20.8 Å². The van der Waals surface area contributed by atoms with Crippen molar-refractivity contribution in [2.45, 2.75) is 6.42 Å². The highest BCUT2D eigenvalue weighted by Gasteiger charge is 2.10. The number of benzene rings is 2. The van der Waals surface area contributed by atoms with Gasteiger partial charge in [0.15, 0.2) is 5.13 Å². The third kappa shape index (κ3) is 3.97. The number of ether oxygens (including phenoxy) is 1. The van der Waals surface area contributed by atoms with Gasteiger partial charge in [-0.2, -0.15) is 0 Å². The van der Waals surface area contributed by atoms with Crippen LogP contribution in [0.15, 0.2) is 54.7 Å². The molecule has 0 radical (unpaired) electrons. The number of aromatic nitrogens is 1. The van der Waals surface area contributed by atoms with Crippen molar-refractivity contribution in [2.75, 3.05) is 12.4 Å². The number of carbonyl (C=O) groups is 1. The first kappa shape index (κ1) is 16.1. The number of rotatable bonds is 5. The molecule has 4 nitrogen and oxygen atoms in total. The largest absolute Gasteiger partial charge is 0.497 e. The van der Waals surface area contributed by atoms with E-state index in [2.05, 4.69) is 10.3 Å². The van der Waals surface area contributed by atoms with Crippen LogP contribution < -0.4 is 10.1 Å². The van der Waals surface area contributed by atoms with Crippen molar-refractivity contribution in [1.29, 1.82) is 0 Å². The Morgan fingerprint density at radius 1 is 1.25 bits per heavy atom. The Kier molecular flexibility index (Phi) is 4.86. The lowest BCUT2D eigenvalue weighted by molar-refractivity contribution is 0.102. The van der Waals surface area contributed by atoms with Gasteiger partial charge in [-0.15, -0.1) is 11.3 Å². The molecule has 0 spiro atoms. The van der Waals surface area contributed by atoms with Gasteiger partial charge < -0.3 is 4.74 Å². The number of hydrogen-bond donors (Lipinski definition) is 1. The fourth-order valence-electron chi connectivity index (χ4n) is 2.18. The Balaban J connectivity index is 1.67. The van der Waals surface area contributed by atoms with Gasteiger partial charge in [-0.25, -0.2) is 9.37 Å². The summed E-state index contributed by atoms with van der Waals surface area (Å²) < 4.78 is 18.0. The van der Waals surface area contributed by atoms with Crippen LogP contribution in [0.3, 0.4) is 0 Å². The van der Waals surface area contributed by atoms with E-state index in [4.69, 9.17) is 4.74 Å². The smallest absolute Gasteiger partial charge is 0.257 e. The van der Waals surface area contributed by atoms with Gasteiger partial charge in [0.2, 0.25) is 0 Å². The standard InChI is InChI=1S/C18H15FN2O2S/c1-23-15-4-2-3-13(10-15)17(22)21-18-20-11-16(24-18)9-12-5-7-14(19)8-6-12/h2-8,10-11H,9H2,1H3,(H,20,21,22). The summed E-state index contributed by atoms with van der Waals surface area (Å²) in [6, 6.07) is 13.3. The van der Waals surface area contributed by atoms with Gasteiger partial charge in [0.1, 0.15) is 11.6 Å². The molecule has 0 bridgehead atoms. The molecule has 3 rings (SSSR count). The molecule has 6 heteroatoms. The van der Waals surface area contributed by atoms with Crippen LogP contribution in [0.25, 0.3) is 0 Å². The third-order valence-electron chi connectivity index (χ3n) is 3.40. The zero-order valence-corrected chi connectivity index (χ0v) is 13.8. The number of hydrogen-bond acceptors (Lipinski definition) is 4. The summed E-state index contributed by atoms with van der Waals surface area (Å²) in [7, 11) is 1.56. The van der Waals surface area contributed by atoms with E-state index >= 15 is 0 Å². The zero-order chi connectivity index (χ0) is 16.9. The molecule has 1 aromatic heterocycles. The zero-order valence-electron chi connectivity index (χ0n) is 13.0. The summed E-state index contributed by atoms with van der Waals surface area (Å²) in [6.07, 6.45) is 2.36. The van der Waals surface area contributed by atoms with E-state index in [1.807, 2.05) is 0 Å². The molecule has 1 N–H and O–H groups in total. The topological polar surface area (TPSA) is 51.2 Å². The normalized spacial score (nSPS) is 10.4. The van der Waals surface area contributed by atoms with Crippen molar-refractivity contribution in [3.8, 4) is 5.75 Å². The molecule has 24 heavy (non-hydrogen) atoms. The fourth-order valence-corrected chi connectivity index (χ4v) is 3.03. The molecule has 3 aromatic rings. The highest BCUT2D eigenvalue weighted by Crippen LogP contribution is 2.22. The number of anilines is 1. The van der Waals surface area contributed by atoms with Crippen LogP contribution in [-0.2, 0) is 6.42 Å². The predicted molar refractivity (Wildman–Crippen MR) is 92.3 cm³/mol. The lowest BCUT2D eigenvalue weighted by Gasteiger charge is -2.04. The molecule has 0 saturated carbocycles. The second kappa shape index (κ2) is 7.23. The summed E-state index contributed by atoms with van der Waals surface area (Å²) in [4.78, 5) is 17.5. The Bertz CT molecular complexity index is 846. The highest BCUT2D eigenvalue weighted by atomic mass is 32.1. The molecule has 0 fully saturated rings. The van der Waals surface area contributed by atoms with Gasteiger partial charge in [0.25, 0.3) is 5.91 Å². The monoisotopic (exact) mass is 342 g/mol. The van der Waals surface area contributed by atoms with E-state index in [1.165, 1.54) is 23.5 Å². The van der Waals surface area contributed by atoms with Crippen molar-refractivity contribution < 1.29 is 13.9 Å². The van der Waals surface area contributed by atoms with E-state index in [0.717, 1.165) is 10.4 Å². The molecule has 0 aliphatic carbocycles. The van der Waals surface area contributed by atoms with Crippen LogP contribution in [0.2, 0.25) is 0 Å². The second-order valence-electron chi connectivity index (χ2n) is 5.12. The summed E-state index contributed by atoms with van der Waals surface area (Å²) >= 11 is 1.40. The molecular weight excluding hydrogens is 327 g/mol. The molecule has 122 valence electrons. The molecule has 0 atom stereocenters. The summed E-state index contributed by atoms with van der Waals surface area (Å²) in [5.74, 6) is 0.129. The number of methoxy groups -OCH3 is 1. The summed E-state index contributed by atoms with van der Waals surface area (Å²) in [5.41, 5.74) is 1.50. The fraction of sp³-hybridized carbons (Fsp3) is 0.111. The Hall–Kier alpha value is -2.73. The van der Waals surface area contributed by atoms with Crippen molar-refractivity contribution in [3.63, 3.8) is 0 Å². The van der Waals surface area contributed by atoms with Crippen molar-refractivity contribution >= 4 is 22.4 Å². The van der Waals surface area contributed by atoms with Gasteiger partial charge in [-0.3, -0.25) is 10.1 Å². The average molecular weight is 342 g/mol. The van der Waals surface area contributed by atoms with Crippen molar-refractivity contribution in [2.24, 2.45) is 0 Å². The minimum atomic E-state index is -0.255. The highest BCUT2D eigenvalue weighted by molar-refractivity contribution is 7.15. The number of nitrogens with one attached hydrogen (secondary N) is 1. The van der Waals surface area contributed by atoms with Crippen LogP contribution in [0, 0.1) is 5.82 Å². The minimum Gasteiger partial charge on any atom is -0.497 e. The number of carbonyl (C=O) groups excluding carboxylic acids is 1. The molecule has 0 saturated heterocycles. The van der Waals surface area contributed by atoms with Crippen molar-refractivity contribution in [1.82, 2.24) is 4.98 Å². The Morgan fingerprint density at radius 3 is 2.79 bits per heavy atom. The van der Waals surface area contributed by atoms with Crippen LogP contribution in [0.5, 0.6) is 5.75 Å². The lowest BCUT2D eigenvalue weighted by Crippen LogP contribution is -2.11. The minimum absolute atomic E-state index is 0.239. The Labute approximate surface area is 142 Å². The number of thiazole rings is 1. The lowest BCUT2D eigenvalue weighted by atomic mass is 10.1. The number of amides is 1. The van der Waals surface area contributed by atoms with E-state index in [0.29, 0.717) is 22.9 Å². The van der Waals surface area contributed by atoms with Gasteiger partial charge in [-0.05, 0) is 35.9 Å². The molecule has 0 unspecified atom stereocenters. The van der Waals surface area contributed by atoms with Crippen LogP contribution >= 0.6 is 11.3 Å². The quantitative estimate of drug-likeness (QED) is 0.758.